The minimum absolute atomic E-state index is 0.155. The first kappa shape index (κ1) is 15.4. The summed E-state index contributed by atoms with van der Waals surface area (Å²) in [5.41, 5.74) is 5.59. The lowest BCUT2D eigenvalue weighted by atomic mass is 10.2. The van der Waals surface area contributed by atoms with Crippen LogP contribution in [0.5, 0.6) is 0 Å². The SMILES string of the molecule is Nc1cccc(CS(=O)(=O)c2ccc(C(F)(F)F)cc2)c1. The molecule has 2 rings (SSSR count). The van der Waals surface area contributed by atoms with E-state index in [0.717, 1.165) is 24.3 Å². The number of halogens is 3. The van der Waals surface area contributed by atoms with Crippen LogP contribution in [0, 0.1) is 0 Å². The van der Waals surface area contributed by atoms with Gasteiger partial charge < -0.3 is 5.73 Å². The fourth-order valence-electron chi connectivity index (χ4n) is 1.84. The van der Waals surface area contributed by atoms with Gasteiger partial charge >= 0.3 is 6.18 Å². The molecule has 0 bridgehead atoms. The molecule has 0 radical (unpaired) electrons. The van der Waals surface area contributed by atoms with Crippen molar-refractivity contribution in [3.8, 4) is 0 Å². The Morgan fingerprint density at radius 1 is 1.00 bits per heavy atom. The third-order valence-electron chi connectivity index (χ3n) is 2.85. The van der Waals surface area contributed by atoms with E-state index in [1.54, 1.807) is 18.2 Å². The molecule has 0 unspecified atom stereocenters. The number of rotatable bonds is 3. The summed E-state index contributed by atoms with van der Waals surface area (Å²) >= 11 is 0. The number of anilines is 1. The molecule has 0 aromatic heterocycles. The molecule has 0 amide bonds. The van der Waals surface area contributed by atoms with Gasteiger partial charge in [-0.2, -0.15) is 13.2 Å². The normalized spacial score (nSPS) is 12.3. The Hall–Kier alpha value is -2.02. The van der Waals surface area contributed by atoms with Crippen LogP contribution < -0.4 is 5.73 Å². The highest BCUT2D eigenvalue weighted by atomic mass is 32.2. The van der Waals surface area contributed by atoms with Crippen molar-refractivity contribution in [1.29, 1.82) is 0 Å². The summed E-state index contributed by atoms with van der Waals surface area (Å²) in [7, 11) is -3.72. The Bertz CT molecular complexity index is 738. The van der Waals surface area contributed by atoms with Crippen molar-refractivity contribution in [3.05, 3.63) is 59.7 Å². The molecule has 0 aliphatic carbocycles. The first-order valence-electron chi connectivity index (χ1n) is 5.93. The van der Waals surface area contributed by atoms with E-state index in [1.165, 1.54) is 6.07 Å². The van der Waals surface area contributed by atoms with Crippen LogP contribution in [0.4, 0.5) is 18.9 Å². The Morgan fingerprint density at radius 2 is 1.62 bits per heavy atom. The van der Waals surface area contributed by atoms with Crippen molar-refractivity contribution in [2.24, 2.45) is 0 Å². The molecule has 0 atom stereocenters. The second-order valence-corrected chi connectivity index (χ2v) is 6.52. The second kappa shape index (κ2) is 5.40. The molecular formula is C14H12F3NO2S. The molecular weight excluding hydrogens is 303 g/mol. The zero-order valence-electron chi connectivity index (χ0n) is 10.8. The van der Waals surface area contributed by atoms with E-state index in [2.05, 4.69) is 0 Å². The smallest absolute Gasteiger partial charge is 0.399 e. The Labute approximate surface area is 120 Å². The van der Waals surface area contributed by atoms with Gasteiger partial charge in [0.25, 0.3) is 0 Å². The van der Waals surface area contributed by atoms with Crippen LogP contribution >= 0.6 is 0 Å². The van der Waals surface area contributed by atoms with Crippen molar-refractivity contribution in [1.82, 2.24) is 0 Å². The van der Waals surface area contributed by atoms with E-state index in [1.807, 2.05) is 0 Å². The molecule has 2 aromatic rings. The molecule has 0 saturated carbocycles. The third kappa shape index (κ3) is 3.75. The quantitative estimate of drug-likeness (QED) is 0.884. The monoisotopic (exact) mass is 315 g/mol. The lowest BCUT2D eigenvalue weighted by molar-refractivity contribution is -0.137. The maximum atomic E-state index is 12.4. The van der Waals surface area contributed by atoms with E-state index in [0.29, 0.717) is 11.3 Å². The minimum Gasteiger partial charge on any atom is -0.399 e. The van der Waals surface area contributed by atoms with Gasteiger partial charge in [-0.1, -0.05) is 12.1 Å². The highest BCUT2D eigenvalue weighted by molar-refractivity contribution is 7.90. The van der Waals surface area contributed by atoms with Crippen LogP contribution in [0.3, 0.4) is 0 Å². The van der Waals surface area contributed by atoms with Gasteiger partial charge in [-0.15, -0.1) is 0 Å². The molecule has 2 aromatic carbocycles. The number of hydrogen-bond donors (Lipinski definition) is 1. The first-order valence-corrected chi connectivity index (χ1v) is 7.58. The Kier molecular flexibility index (Phi) is 3.95. The Morgan fingerprint density at radius 3 is 2.14 bits per heavy atom. The number of nitrogens with two attached hydrogens (primary N) is 1. The predicted octanol–water partition coefficient (Wildman–Crippen LogP) is 3.26. The highest BCUT2D eigenvalue weighted by Crippen LogP contribution is 2.30. The molecule has 0 heterocycles. The molecule has 112 valence electrons. The van der Waals surface area contributed by atoms with Gasteiger partial charge in [-0.05, 0) is 42.0 Å². The average Bonchev–Trinajstić information content (AvgIpc) is 2.37. The zero-order chi connectivity index (χ0) is 15.7. The fourth-order valence-corrected chi connectivity index (χ4v) is 3.17. The summed E-state index contributed by atoms with van der Waals surface area (Å²) in [6.45, 7) is 0. The molecule has 7 heteroatoms. The predicted molar refractivity (Wildman–Crippen MR) is 73.2 cm³/mol. The van der Waals surface area contributed by atoms with Gasteiger partial charge in [0.1, 0.15) is 0 Å². The third-order valence-corrected chi connectivity index (χ3v) is 4.55. The summed E-state index contributed by atoms with van der Waals surface area (Å²) in [6, 6.07) is 9.79. The number of nitrogen functional groups attached to an aromatic ring is 1. The van der Waals surface area contributed by atoms with E-state index >= 15 is 0 Å². The number of benzene rings is 2. The summed E-state index contributed by atoms with van der Waals surface area (Å²) in [5, 5.41) is 0. The van der Waals surface area contributed by atoms with Gasteiger partial charge in [0, 0.05) is 5.69 Å². The number of hydrogen-bond acceptors (Lipinski definition) is 3. The molecule has 0 saturated heterocycles. The van der Waals surface area contributed by atoms with Crippen molar-refractivity contribution < 1.29 is 21.6 Å². The molecule has 0 spiro atoms. The van der Waals surface area contributed by atoms with Crippen LogP contribution in [0.25, 0.3) is 0 Å². The molecule has 0 aliphatic heterocycles. The van der Waals surface area contributed by atoms with E-state index < -0.39 is 21.6 Å². The fraction of sp³-hybridized carbons (Fsp3) is 0.143. The van der Waals surface area contributed by atoms with E-state index in [9.17, 15) is 21.6 Å². The van der Waals surface area contributed by atoms with E-state index in [4.69, 9.17) is 5.73 Å². The summed E-state index contributed by atoms with van der Waals surface area (Å²) in [6.07, 6.45) is -4.49. The van der Waals surface area contributed by atoms with Crippen molar-refractivity contribution >= 4 is 15.5 Å². The van der Waals surface area contributed by atoms with Gasteiger partial charge in [0.05, 0.1) is 16.2 Å². The molecule has 3 nitrogen and oxygen atoms in total. The summed E-state index contributed by atoms with van der Waals surface area (Å²) in [4.78, 5) is -0.155. The largest absolute Gasteiger partial charge is 0.416 e. The van der Waals surface area contributed by atoms with Gasteiger partial charge in [-0.25, -0.2) is 8.42 Å². The minimum atomic E-state index is -4.49. The highest BCUT2D eigenvalue weighted by Gasteiger charge is 2.30. The van der Waals surface area contributed by atoms with Crippen LogP contribution in [0.15, 0.2) is 53.4 Å². The molecule has 2 N–H and O–H groups in total. The maximum absolute atomic E-state index is 12.4. The number of alkyl halides is 3. The second-order valence-electron chi connectivity index (χ2n) is 4.53. The lowest BCUT2D eigenvalue weighted by Crippen LogP contribution is -2.08. The molecule has 0 aliphatic rings. The topological polar surface area (TPSA) is 60.2 Å². The standard InChI is InChI=1S/C14H12F3NO2S/c15-14(16,17)11-4-6-13(7-5-11)21(19,20)9-10-2-1-3-12(18)8-10/h1-8H,9,18H2. The van der Waals surface area contributed by atoms with Crippen LogP contribution in [-0.2, 0) is 21.8 Å². The van der Waals surface area contributed by atoms with Crippen LogP contribution in [0.2, 0.25) is 0 Å². The van der Waals surface area contributed by atoms with Crippen molar-refractivity contribution in [3.63, 3.8) is 0 Å². The molecule has 21 heavy (non-hydrogen) atoms. The van der Waals surface area contributed by atoms with Gasteiger partial charge in [0.15, 0.2) is 9.84 Å². The van der Waals surface area contributed by atoms with Gasteiger partial charge in [0.2, 0.25) is 0 Å². The summed E-state index contributed by atoms with van der Waals surface area (Å²) in [5.74, 6) is -0.316. The van der Waals surface area contributed by atoms with Gasteiger partial charge in [-0.3, -0.25) is 0 Å². The lowest BCUT2D eigenvalue weighted by Gasteiger charge is -2.09. The van der Waals surface area contributed by atoms with Crippen molar-refractivity contribution in [2.75, 3.05) is 5.73 Å². The van der Waals surface area contributed by atoms with Crippen molar-refractivity contribution in [2.45, 2.75) is 16.8 Å². The van der Waals surface area contributed by atoms with E-state index in [-0.39, 0.29) is 10.6 Å². The van der Waals surface area contributed by atoms with Crippen LogP contribution in [-0.4, -0.2) is 8.42 Å². The molecule has 0 fully saturated rings. The first-order chi connectivity index (χ1) is 9.68. The number of sulfone groups is 1. The average molecular weight is 315 g/mol. The zero-order valence-corrected chi connectivity index (χ0v) is 11.6. The van der Waals surface area contributed by atoms with Crippen LogP contribution in [0.1, 0.15) is 11.1 Å². The Balaban J connectivity index is 2.28. The maximum Gasteiger partial charge on any atom is 0.416 e. The summed E-state index contributed by atoms with van der Waals surface area (Å²) < 4.78 is 61.6.